The number of carbonyl (C=O) groups is 1. The Labute approximate surface area is 90.1 Å². The number of hydrogen-bond acceptors (Lipinski definition) is 2. The third-order valence-corrected chi connectivity index (χ3v) is 2.78. The zero-order valence-electron chi connectivity index (χ0n) is 8.33. The van der Waals surface area contributed by atoms with Crippen LogP contribution < -0.4 is 0 Å². The Morgan fingerprint density at radius 2 is 2.25 bits per heavy atom. The summed E-state index contributed by atoms with van der Waals surface area (Å²) in [4.78, 5) is 18.0. The van der Waals surface area contributed by atoms with Gasteiger partial charge >= 0.3 is 5.97 Å². The van der Waals surface area contributed by atoms with E-state index < -0.39 is 11.8 Å². The highest BCUT2D eigenvalue weighted by molar-refractivity contribution is 5.92. The van der Waals surface area contributed by atoms with E-state index in [4.69, 9.17) is 5.11 Å². The molecule has 0 unspecified atom stereocenters. The minimum Gasteiger partial charge on any atom is -0.478 e. The molecule has 0 radical (unpaired) electrons. The number of carboxylic acids is 1. The molecule has 0 atom stereocenters. The molecule has 1 heterocycles. The van der Waals surface area contributed by atoms with Gasteiger partial charge in [-0.3, -0.25) is 0 Å². The number of rotatable bonds is 2. The van der Waals surface area contributed by atoms with Crippen LogP contribution in [0.4, 0.5) is 4.39 Å². The summed E-state index contributed by atoms with van der Waals surface area (Å²) in [6, 6.07) is 2.47. The van der Waals surface area contributed by atoms with Crippen molar-refractivity contribution in [3.05, 3.63) is 29.3 Å². The Kier molecular flexibility index (Phi) is 1.77. The second-order valence-corrected chi connectivity index (χ2v) is 4.05. The van der Waals surface area contributed by atoms with Crippen LogP contribution >= 0.6 is 0 Å². The Morgan fingerprint density at radius 3 is 2.88 bits per heavy atom. The van der Waals surface area contributed by atoms with Gasteiger partial charge in [0.25, 0.3) is 0 Å². The highest BCUT2D eigenvalue weighted by Crippen LogP contribution is 2.39. The first-order valence-electron chi connectivity index (χ1n) is 5.07. The highest BCUT2D eigenvalue weighted by Gasteiger charge is 2.27. The third-order valence-electron chi connectivity index (χ3n) is 2.78. The van der Waals surface area contributed by atoms with Crippen LogP contribution in [0.3, 0.4) is 0 Å². The second kappa shape index (κ2) is 3.04. The number of hydrogen-bond donors (Lipinski definition) is 2. The molecule has 1 saturated carbocycles. The monoisotopic (exact) mass is 220 g/mol. The number of nitrogens with zero attached hydrogens (tertiary/aromatic N) is 1. The van der Waals surface area contributed by atoms with Crippen molar-refractivity contribution in [1.82, 2.24) is 9.97 Å². The lowest BCUT2D eigenvalue weighted by molar-refractivity contribution is 0.0692. The first-order valence-corrected chi connectivity index (χ1v) is 5.07. The maximum Gasteiger partial charge on any atom is 0.338 e. The van der Waals surface area contributed by atoms with Crippen molar-refractivity contribution >= 4 is 17.0 Å². The van der Waals surface area contributed by atoms with E-state index in [1.807, 2.05) is 0 Å². The number of aromatic nitrogens is 2. The Bertz CT molecular complexity index is 587. The van der Waals surface area contributed by atoms with Crippen molar-refractivity contribution in [2.75, 3.05) is 0 Å². The van der Waals surface area contributed by atoms with Gasteiger partial charge < -0.3 is 10.1 Å². The van der Waals surface area contributed by atoms with E-state index in [9.17, 15) is 9.18 Å². The molecule has 0 aliphatic heterocycles. The number of imidazole rings is 1. The third kappa shape index (κ3) is 1.36. The zero-order valence-corrected chi connectivity index (χ0v) is 8.33. The number of carboxylic acid groups (broad SMARTS) is 1. The molecule has 3 rings (SSSR count). The highest BCUT2D eigenvalue weighted by atomic mass is 19.1. The average Bonchev–Trinajstić information content (AvgIpc) is 2.98. The van der Waals surface area contributed by atoms with Crippen molar-refractivity contribution in [1.29, 1.82) is 0 Å². The van der Waals surface area contributed by atoms with Crippen LogP contribution in [0.1, 0.15) is 34.9 Å². The molecule has 1 aliphatic carbocycles. The molecular formula is C11H9FN2O2. The number of aromatic carboxylic acids is 1. The Morgan fingerprint density at radius 1 is 1.50 bits per heavy atom. The van der Waals surface area contributed by atoms with Crippen LogP contribution in [-0.4, -0.2) is 21.0 Å². The van der Waals surface area contributed by atoms with Gasteiger partial charge in [0, 0.05) is 12.0 Å². The van der Waals surface area contributed by atoms with Gasteiger partial charge in [-0.15, -0.1) is 0 Å². The van der Waals surface area contributed by atoms with Crippen LogP contribution in [0.15, 0.2) is 12.1 Å². The largest absolute Gasteiger partial charge is 0.478 e. The van der Waals surface area contributed by atoms with Crippen molar-refractivity contribution in [3.8, 4) is 0 Å². The topological polar surface area (TPSA) is 66.0 Å². The molecule has 1 aromatic carbocycles. The fourth-order valence-electron chi connectivity index (χ4n) is 1.76. The van der Waals surface area contributed by atoms with E-state index in [-0.39, 0.29) is 5.56 Å². The van der Waals surface area contributed by atoms with Crippen molar-refractivity contribution < 1.29 is 14.3 Å². The number of nitrogens with one attached hydrogen (secondary N) is 1. The summed E-state index contributed by atoms with van der Waals surface area (Å²) in [6.45, 7) is 0. The smallest absolute Gasteiger partial charge is 0.338 e. The number of benzene rings is 1. The summed E-state index contributed by atoms with van der Waals surface area (Å²) in [6.07, 6.45) is 2.18. The lowest BCUT2D eigenvalue weighted by atomic mass is 10.2. The molecule has 2 N–H and O–H groups in total. The van der Waals surface area contributed by atoms with Crippen LogP contribution in [0.25, 0.3) is 11.0 Å². The molecule has 82 valence electrons. The summed E-state index contributed by atoms with van der Waals surface area (Å²) in [5.41, 5.74) is 0.742. The molecule has 1 aliphatic rings. The van der Waals surface area contributed by atoms with Gasteiger partial charge in [-0.05, 0) is 18.9 Å². The predicted octanol–water partition coefficient (Wildman–Crippen LogP) is 2.28. The molecule has 0 bridgehead atoms. The first kappa shape index (κ1) is 9.33. The van der Waals surface area contributed by atoms with Gasteiger partial charge in [-0.2, -0.15) is 0 Å². The predicted molar refractivity (Wildman–Crippen MR) is 55.0 cm³/mol. The molecule has 16 heavy (non-hydrogen) atoms. The van der Waals surface area contributed by atoms with E-state index in [0.29, 0.717) is 17.0 Å². The molecule has 0 amide bonds. The number of aromatic amines is 1. The van der Waals surface area contributed by atoms with Gasteiger partial charge in [0.1, 0.15) is 11.6 Å². The van der Waals surface area contributed by atoms with Crippen molar-refractivity contribution in [2.24, 2.45) is 0 Å². The minimum atomic E-state index is -1.27. The summed E-state index contributed by atoms with van der Waals surface area (Å²) < 4.78 is 13.4. The first-order chi connectivity index (χ1) is 7.65. The number of halogens is 1. The summed E-state index contributed by atoms with van der Waals surface area (Å²) in [5, 5.41) is 8.78. The van der Waals surface area contributed by atoms with E-state index >= 15 is 0 Å². The zero-order chi connectivity index (χ0) is 11.3. The Balaban J connectivity index is 2.19. The lowest BCUT2D eigenvalue weighted by Gasteiger charge is -1.95. The molecule has 0 saturated heterocycles. The molecule has 1 aromatic heterocycles. The van der Waals surface area contributed by atoms with Gasteiger partial charge in [0.05, 0.1) is 16.6 Å². The summed E-state index contributed by atoms with van der Waals surface area (Å²) in [5.74, 6) is -0.734. The SMILES string of the molecule is O=C(O)c1cc2nc(C3CC3)[nH]c2cc1F. The number of fused-ring (bicyclic) bond motifs is 1. The van der Waals surface area contributed by atoms with Crippen molar-refractivity contribution in [2.45, 2.75) is 18.8 Å². The van der Waals surface area contributed by atoms with Crippen LogP contribution in [0.2, 0.25) is 0 Å². The normalized spacial score (nSPS) is 15.6. The lowest BCUT2D eigenvalue weighted by Crippen LogP contribution is -1.99. The standard InChI is InChI=1S/C11H9FN2O2/c12-7-4-9-8(3-6(7)11(15)16)13-10(14-9)5-1-2-5/h3-5H,1-2H2,(H,13,14)(H,15,16). The van der Waals surface area contributed by atoms with Crippen LogP contribution in [0, 0.1) is 5.82 Å². The molecule has 4 nitrogen and oxygen atoms in total. The Hall–Kier alpha value is -1.91. The van der Waals surface area contributed by atoms with Crippen LogP contribution in [-0.2, 0) is 0 Å². The molecule has 1 fully saturated rings. The van der Waals surface area contributed by atoms with Gasteiger partial charge in [0.2, 0.25) is 0 Å². The van der Waals surface area contributed by atoms with E-state index in [1.54, 1.807) is 0 Å². The quantitative estimate of drug-likeness (QED) is 0.815. The van der Waals surface area contributed by atoms with Gasteiger partial charge in [-0.1, -0.05) is 0 Å². The fourth-order valence-corrected chi connectivity index (χ4v) is 1.76. The summed E-state index contributed by atoms with van der Waals surface area (Å²) in [7, 11) is 0. The maximum atomic E-state index is 13.4. The molecule has 2 aromatic rings. The summed E-state index contributed by atoms with van der Waals surface area (Å²) >= 11 is 0. The number of H-pyrrole nitrogens is 1. The van der Waals surface area contributed by atoms with Gasteiger partial charge in [-0.25, -0.2) is 14.2 Å². The van der Waals surface area contributed by atoms with E-state index in [2.05, 4.69) is 9.97 Å². The molecule has 0 spiro atoms. The van der Waals surface area contributed by atoms with E-state index in [0.717, 1.165) is 18.7 Å². The van der Waals surface area contributed by atoms with Crippen molar-refractivity contribution in [3.63, 3.8) is 0 Å². The molecule has 5 heteroatoms. The minimum absolute atomic E-state index is 0.332. The maximum absolute atomic E-state index is 13.4. The van der Waals surface area contributed by atoms with E-state index in [1.165, 1.54) is 12.1 Å². The van der Waals surface area contributed by atoms with Crippen LogP contribution in [0.5, 0.6) is 0 Å². The average molecular weight is 220 g/mol. The fraction of sp³-hybridized carbons (Fsp3) is 0.273. The molecular weight excluding hydrogens is 211 g/mol. The van der Waals surface area contributed by atoms with Gasteiger partial charge in [0.15, 0.2) is 0 Å². The second-order valence-electron chi connectivity index (χ2n) is 4.05.